The van der Waals surface area contributed by atoms with E-state index in [2.05, 4.69) is 24.1 Å². The summed E-state index contributed by atoms with van der Waals surface area (Å²) in [4.78, 5) is 4.22. The predicted octanol–water partition coefficient (Wildman–Crippen LogP) is 2.22. The van der Waals surface area contributed by atoms with Crippen molar-refractivity contribution in [2.75, 3.05) is 13.2 Å². The second-order valence-corrected chi connectivity index (χ2v) is 4.39. The van der Waals surface area contributed by atoms with E-state index in [1.165, 1.54) is 0 Å². The fraction of sp³-hybridized carbons (Fsp3) is 0.700. The minimum absolute atomic E-state index is 0.553. The molecule has 0 aliphatic carbocycles. The molecule has 1 aromatic rings. The topological polar surface area (TPSA) is 34.1 Å². The van der Waals surface area contributed by atoms with Gasteiger partial charge in [0.15, 0.2) is 0 Å². The third-order valence-corrected chi connectivity index (χ3v) is 2.57. The number of aromatic nitrogens is 1. The molecule has 1 N–H and O–H groups in total. The van der Waals surface area contributed by atoms with E-state index < -0.39 is 0 Å². The number of rotatable bonds is 6. The Morgan fingerprint density at radius 1 is 1.57 bits per heavy atom. The molecular weight excluding hydrogens is 196 g/mol. The molecule has 0 atom stereocenters. The molecule has 1 heterocycles. The zero-order valence-electron chi connectivity index (χ0n) is 9.04. The summed E-state index contributed by atoms with van der Waals surface area (Å²) in [6.45, 7) is 8.01. The second kappa shape index (κ2) is 5.98. The number of thiazole rings is 1. The number of aryl methyl sites for hydroxylation is 1. The quantitative estimate of drug-likeness (QED) is 0.737. The highest BCUT2D eigenvalue weighted by Crippen LogP contribution is 2.16. The first kappa shape index (κ1) is 11.5. The number of nitrogens with zero attached hydrogens (tertiary/aromatic N) is 1. The maximum atomic E-state index is 5.48. The third kappa shape index (κ3) is 4.58. The molecule has 0 saturated carbocycles. The lowest BCUT2D eigenvalue weighted by Gasteiger charge is -2.07. The number of ether oxygens (including phenoxy) is 1. The summed E-state index contributed by atoms with van der Waals surface area (Å²) in [5.74, 6) is 0. The normalized spacial score (nSPS) is 10.9. The SMILES string of the molecule is Cc1csc(OCCCNC(C)C)n1. The molecule has 0 saturated heterocycles. The highest BCUT2D eigenvalue weighted by Gasteiger charge is 1.98. The summed E-state index contributed by atoms with van der Waals surface area (Å²) in [7, 11) is 0. The standard InChI is InChI=1S/C10H18N2OS/c1-8(2)11-5-4-6-13-10-12-9(3)7-14-10/h7-8,11H,4-6H2,1-3H3. The zero-order valence-corrected chi connectivity index (χ0v) is 9.86. The van der Waals surface area contributed by atoms with Crippen LogP contribution in [0, 0.1) is 6.92 Å². The minimum atomic E-state index is 0.553. The van der Waals surface area contributed by atoms with Gasteiger partial charge in [0.25, 0.3) is 5.19 Å². The first-order chi connectivity index (χ1) is 6.68. The van der Waals surface area contributed by atoms with Gasteiger partial charge in [0, 0.05) is 11.4 Å². The van der Waals surface area contributed by atoms with Crippen molar-refractivity contribution in [2.45, 2.75) is 33.2 Å². The number of nitrogens with one attached hydrogen (secondary N) is 1. The van der Waals surface area contributed by atoms with E-state index in [1.807, 2.05) is 12.3 Å². The van der Waals surface area contributed by atoms with Gasteiger partial charge in [-0.15, -0.1) is 0 Å². The average molecular weight is 214 g/mol. The Balaban J connectivity index is 2.04. The highest BCUT2D eigenvalue weighted by molar-refractivity contribution is 7.11. The molecule has 0 unspecified atom stereocenters. The molecule has 0 amide bonds. The molecular formula is C10H18N2OS. The Morgan fingerprint density at radius 3 is 2.93 bits per heavy atom. The summed E-state index contributed by atoms with van der Waals surface area (Å²) < 4.78 is 5.48. The lowest BCUT2D eigenvalue weighted by atomic mass is 10.3. The van der Waals surface area contributed by atoms with Crippen LogP contribution in [0.15, 0.2) is 5.38 Å². The highest BCUT2D eigenvalue weighted by atomic mass is 32.1. The molecule has 0 aliphatic heterocycles. The van der Waals surface area contributed by atoms with Gasteiger partial charge in [-0.05, 0) is 19.9 Å². The van der Waals surface area contributed by atoms with Crippen LogP contribution in [0.5, 0.6) is 5.19 Å². The zero-order chi connectivity index (χ0) is 10.4. The molecule has 3 nitrogen and oxygen atoms in total. The predicted molar refractivity (Wildman–Crippen MR) is 60.1 cm³/mol. The fourth-order valence-corrected chi connectivity index (χ4v) is 1.69. The van der Waals surface area contributed by atoms with Crippen LogP contribution in [-0.4, -0.2) is 24.2 Å². The molecule has 1 aromatic heterocycles. The number of hydrogen-bond acceptors (Lipinski definition) is 4. The van der Waals surface area contributed by atoms with Crippen molar-refractivity contribution in [1.29, 1.82) is 0 Å². The molecule has 0 aliphatic rings. The lowest BCUT2D eigenvalue weighted by Crippen LogP contribution is -2.24. The second-order valence-electron chi connectivity index (χ2n) is 3.57. The Labute approximate surface area is 89.5 Å². The minimum Gasteiger partial charge on any atom is -0.470 e. The van der Waals surface area contributed by atoms with Crippen molar-refractivity contribution in [3.63, 3.8) is 0 Å². The first-order valence-electron chi connectivity index (χ1n) is 4.97. The van der Waals surface area contributed by atoms with Gasteiger partial charge in [0.05, 0.1) is 12.3 Å². The van der Waals surface area contributed by atoms with Crippen LogP contribution in [0.1, 0.15) is 26.0 Å². The molecule has 1 rings (SSSR count). The van der Waals surface area contributed by atoms with Crippen LogP contribution in [-0.2, 0) is 0 Å². The van der Waals surface area contributed by atoms with Crippen molar-refractivity contribution < 1.29 is 4.74 Å². The van der Waals surface area contributed by atoms with Crippen LogP contribution < -0.4 is 10.1 Å². The molecule has 4 heteroatoms. The maximum absolute atomic E-state index is 5.48. The van der Waals surface area contributed by atoms with Crippen LogP contribution in [0.3, 0.4) is 0 Å². The summed E-state index contributed by atoms with van der Waals surface area (Å²) in [5, 5.41) is 6.13. The van der Waals surface area contributed by atoms with E-state index in [1.54, 1.807) is 11.3 Å². The van der Waals surface area contributed by atoms with Gasteiger partial charge in [-0.25, -0.2) is 4.98 Å². The van der Waals surface area contributed by atoms with E-state index in [-0.39, 0.29) is 0 Å². The Hall–Kier alpha value is -0.610. The van der Waals surface area contributed by atoms with Crippen molar-refractivity contribution in [3.8, 4) is 5.19 Å². The van der Waals surface area contributed by atoms with Crippen LogP contribution in [0.25, 0.3) is 0 Å². The molecule has 0 aromatic carbocycles. The largest absolute Gasteiger partial charge is 0.470 e. The molecule has 14 heavy (non-hydrogen) atoms. The van der Waals surface area contributed by atoms with E-state index in [0.717, 1.165) is 30.5 Å². The molecule has 0 fully saturated rings. The van der Waals surface area contributed by atoms with E-state index >= 15 is 0 Å². The monoisotopic (exact) mass is 214 g/mol. The van der Waals surface area contributed by atoms with E-state index in [4.69, 9.17) is 4.74 Å². The Morgan fingerprint density at radius 2 is 2.36 bits per heavy atom. The fourth-order valence-electron chi connectivity index (χ4n) is 1.02. The van der Waals surface area contributed by atoms with Crippen molar-refractivity contribution in [1.82, 2.24) is 10.3 Å². The Kier molecular flexibility index (Phi) is 4.90. The summed E-state index contributed by atoms with van der Waals surface area (Å²) in [6, 6.07) is 0.553. The molecule has 0 bridgehead atoms. The average Bonchev–Trinajstić information content (AvgIpc) is 2.50. The molecule has 0 spiro atoms. The first-order valence-corrected chi connectivity index (χ1v) is 5.85. The van der Waals surface area contributed by atoms with Crippen LogP contribution in [0.4, 0.5) is 0 Å². The number of hydrogen-bond donors (Lipinski definition) is 1. The van der Waals surface area contributed by atoms with Crippen molar-refractivity contribution in [3.05, 3.63) is 11.1 Å². The van der Waals surface area contributed by atoms with Gasteiger partial charge in [-0.1, -0.05) is 25.2 Å². The van der Waals surface area contributed by atoms with Crippen molar-refractivity contribution >= 4 is 11.3 Å². The van der Waals surface area contributed by atoms with Crippen LogP contribution >= 0.6 is 11.3 Å². The summed E-state index contributed by atoms with van der Waals surface area (Å²) in [6.07, 6.45) is 1.02. The van der Waals surface area contributed by atoms with Gasteiger partial charge in [0.1, 0.15) is 0 Å². The van der Waals surface area contributed by atoms with Gasteiger partial charge >= 0.3 is 0 Å². The molecule has 0 radical (unpaired) electrons. The van der Waals surface area contributed by atoms with Gasteiger partial charge < -0.3 is 10.1 Å². The summed E-state index contributed by atoms with van der Waals surface area (Å²) in [5.41, 5.74) is 1.03. The van der Waals surface area contributed by atoms with E-state index in [9.17, 15) is 0 Å². The summed E-state index contributed by atoms with van der Waals surface area (Å²) >= 11 is 1.56. The van der Waals surface area contributed by atoms with Crippen LogP contribution in [0.2, 0.25) is 0 Å². The maximum Gasteiger partial charge on any atom is 0.273 e. The van der Waals surface area contributed by atoms with Gasteiger partial charge in [-0.2, -0.15) is 0 Å². The molecule has 80 valence electrons. The van der Waals surface area contributed by atoms with Crippen molar-refractivity contribution in [2.24, 2.45) is 0 Å². The lowest BCUT2D eigenvalue weighted by molar-refractivity contribution is 0.304. The Bertz CT molecular complexity index is 260. The van der Waals surface area contributed by atoms with E-state index in [0.29, 0.717) is 6.04 Å². The third-order valence-electron chi connectivity index (χ3n) is 1.70. The smallest absolute Gasteiger partial charge is 0.273 e. The van der Waals surface area contributed by atoms with Gasteiger partial charge in [0.2, 0.25) is 0 Å². The van der Waals surface area contributed by atoms with Gasteiger partial charge in [-0.3, -0.25) is 0 Å².